The zero-order valence-electron chi connectivity index (χ0n) is 45.0. The molecule has 0 aliphatic carbocycles. The van der Waals surface area contributed by atoms with Gasteiger partial charge in [0.1, 0.15) is 0 Å². The van der Waals surface area contributed by atoms with E-state index >= 15 is 0 Å². The van der Waals surface area contributed by atoms with Crippen LogP contribution < -0.4 is 26.2 Å². The first-order valence-electron chi connectivity index (χ1n) is 27.7. The molecule has 2 aliphatic heterocycles. The van der Waals surface area contributed by atoms with Gasteiger partial charge >= 0.3 is 0 Å². The second kappa shape index (κ2) is 20.1. The minimum atomic E-state index is -0.270. The molecule has 0 bridgehead atoms. The van der Waals surface area contributed by atoms with Gasteiger partial charge < -0.3 is 9.80 Å². The van der Waals surface area contributed by atoms with Gasteiger partial charge in [0.25, 0.3) is 6.71 Å². The van der Waals surface area contributed by atoms with Crippen LogP contribution in [0.2, 0.25) is 5.02 Å². The molecule has 0 saturated heterocycles. The van der Waals surface area contributed by atoms with E-state index in [9.17, 15) is 0 Å². The highest BCUT2D eigenvalue weighted by molar-refractivity contribution is 7.00. The van der Waals surface area contributed by atoms with E-state index in [0.717, 1.165) is 95.3 Å². The van der Waals surface area contributed by atoms with E-state index in [1.165, 1.54) is 38.6 Å². The number of hydrogen-bond acceptors (Lipinski definition) is 2. The van der Waals surface area contributed by atoms with Crippen molar-refractivity contribution in [3.05, 3.63) is 296 Å². The van der Waals surface area contributed by atoms with Gasteiger partial charge in [-0.15, -0.1) is 0 Å². The Labute approximate surface area is 475 Å². The number of anilines is 6. The third kappa shape index (κ3) is 8.63. The highest BCUT2D eigenvalue weighted by Crippen LogP contribution is 2.55. The summed E-state index contributed by atoms with van der Waals surface area (Å²) in [5.74, 6) is 0. The van der Waals surface area contributed by atoms with Gasteiger partial charge in [0.05, 0.1) is 11.4 Å². The van der Waals surface area contributed by atoms with Gasteiger partial charge in [0.2, 0.25) is 0 Å². The Bertz CT molecular complexity index is 4140. The minimum absolute atomic E-state index is 0.180. The number of halogens is 1. The molecule has 80 heavy (non-hydrogen) atoms. The first-order chi connectivity index (χ1) is 39.2. The summed E-state index contributed by atoms with van der Waals surface area (Å²) < 4.78 is 0. The van der Waals surface area contributed by atoms with Crippen LogP contribution in [-0.4, -0.2) is 6.71 Å². The molecule has 0 N–H and O–H groups in total. The van der Waals surface area contributed by atoms with Crippen LogP contribution in [0.3, 0.4) is 0 Å². The number of fused-ring (bicyclic) bond motifs is 4. The van der Waals surface area contributed by atoms with Crippen LogP contribution in [0.4, 0.5) is 34.1 Å². The number of nitrogens with zero attached hydrogens (tertiary/aromatic N) is 2. The summed E-state index contributed by atoms with van der Waals surface area (Å²) in [6.45, 7) is 6.87. The monoisotopic (exact) mass is 1040 g/mol. The minimum Gasteiger partial charge on any atom is -0.310 e. The summed E-state index contributed by atoms with van der Waals surface area (Å²) in [5.41, 5.74) is 27.3. The zero-order chi connectivity index (χ0) is 53.9. The standard InChI is InChI=1S/C76H56BClN2/c1-76(2,3)61-48-71-73-72(49-61)80(75-65(56-35-21-9-22-36-56)45-60(53-29-15-6-16-30-53)46-66(75)57-37-23-10-24-38-57)70-50-62(78)40-41-67(70)77(73)68-47-58(51-25-11-4-12-26-51)39-42-69(68)79(71)74-63(54-31-17-7-18-32-54)43-59(52-27-13-5-14-28-52)44-64(74)55-33-19-8-20-34-55/h4-50H,1-3H3. The lowest BCUT2D eigenvalue weighted by Crippen LogP contribution is -2.61. The molecule has 12 aromatic rings. The Hall–Kier alpha value is -9.41. The van der Waals surface area contributed by atoms with E-state index < -0.39 is 0 Å². The van der Waals surface area contributed by atoms with Crippen molar-refractivity contribution in [2.45, 2.75) is 26.2 Å². The van der Waals surface area contributed by atoms with Gasteiger partial charge in [-0.1, -0.05) is 263 Å². The van der Waals surface area contributed by atoms with Gasteiger partial charge in [0, 0.05) is 50.0 Å². The van der Waals surface area contributed by atoms with Crippen LogP contribution in [-0.2, 0) is 5.41 Å². The Kier molecular flexibility index (Phi) is 12.3. The Balaban J connectivity index is 1.16. The Morgan fingerprint density at radius 1 is 0.287 bits per heavy atom. The smallest absolute Gasteiger partial charge is 0.252 e. The summed E-state index contributed by atoms with van der Waals surface area (Å²) >= 11 is 7.40. The van der Waals surface area contributed by atoms with Crippen LogP contribution in [0.5, 0.6) is 0 Å². The average Bonchev–Trinajstić information content (AvgIpc) is 3.69. The lowest BCUT2D eigenvalue weighted by atomic mass is 9.33. The van der Waals surface area contributed by atoms with Crippen LogP contribution in [0.25, 0.3) is 77.9 Å². The number of hydrogen-bond donors (Lipinski definition) is 0. The molecule has 12 aromatic carbocycles. The van der Waals surface area contributed by atoms with Crippen LogP contribution in [0.15, 0.2) is 285 Å². The van der Waals surface area contributed by atoms with E-state index in [2.05, 4.69) is 316 Å². The molecule has 0 saturated carbocycles. The van der Waals surface area contributed by atoms with Crippen molar-refractivity contribution >= 4 is 68.8 Å². The highest BCUT2D eigenvalue weighted by Gasteiger charge is 2.46. The van der Waals surface area contributed by atoms with Gasteiger partial charge in [-0.05, 0) is 138 Å². The van der Waals surface area contributed by atoms with Crippen molar-refractivity contribution in [2.75, 3.05) is 9.80 Å². The highest BCUT2D eigenvalue weighted by atomic mass is 35.5. The lowest BCUT2D eigenvalue weighted by Gasteiger charge is -2.46. The molecule has 0 amide bonds. The maximum atomic E-state index is 7.40. The number of rotatable bonds is 9. The van der Waals surface area contributed by atoms with Gasteiger partial charge in [-0.2, -0.15) is 0 Å². The van der Waals surface area contributed by atoms with Crippen molar-refractivity contribution in [3.63, 3.8) is 0 Å². The molecule has 2 nitrogen and oxygen atoms in total. The van der Waals surface area contributed by atoms with E-state index in [4.69, 9.17) is 11.6 Å². The molecule has 0 spiro atoms. The first kappa shape index (κ1) is 48.9. The summed E-state index contributed by atoms with van der Waals surface area (Å²) in [4.78, 5) is 5.23. The quantitative estimate of drug-likeness (QED) is 0.133. The van der Waals surface area contributed by atoms with Gasteiger partial charge in [-0.25, -0.2) is 0 Å². The predicted molar refractivity (Wildman–Crippen MR) is 342 cm³/mol. The molecule has 2 aliphatic rings. The second-order valence-corrected chi connectivity index (χ2v) is 22.6. The lowest BCUT2D eigenvalue weighted by molar-refractivity contribution is 0.590. The molecule has 2 heterocycles. The normalized spacial score (nSPS) is 12.4. The molecular weight excluding hydrogens is 987 g/mol. The molecule has 0 radical (unpaired) electrons. The molecule has 4 heteroatoms. The van der Waals surface area contributed by atoms with Crippen LogP contribution in [0, 0.1) is 0 Å². The third-order valence-electron chi connectivity index (χ3n) is 16.2. The summed E-state index contributed by atoms with van der Waals surface area (Å²) in [6, 6.07) is 105. The van der Waals surface area contributed by atoms with Crippen molar-refractivity contribution in [1.29, 1.82) is 0 Å². The van der Waals surface area contributed by atoms with Gasteiger partial charge in [0.15, 0.2) is 0 Å². The fraction of sp³-hybridized carbons (Fsp3) is 0.0526. The molecular formula is C76H56BClN2. The summed E-state index contributed by atoms with van der Waals surface area (Å²) in [6.07, 6.45) is 0. The first-order valence-corrected chi connectivity index (χ1v) is 28.1. The summed E-state index contributed by atoms with van der Waals surface area (Å²) in [5, 5.41) is 0.682. The fourth-order valence-corrected chi connectivity index (χ4v) is 12.6. The average molecular weight is 1040 g/mol. The van der Waals surface area contributed by atoms with Crippen molar-refractivity contribution < 1.29 is 0 Å². The molecule has 0 unspecified atom stereocenters. The topological polar surface area (TPSA) is 6.48 Å². The van der Waals surface area contributed by atoms with E-state index in [-0.39, 0.29) is 12.1 Å². The summed E-state index contributed by atoms with van der Waals surface area (Å²) in [7, 11) is 0. The molecule has 0 fully saturated rings. The maximum absolute atomic E-state index is 7.40. The van der Waals surface area contributed by atoms with Crippen molar-refractivity contribution in [1.82, 2.24) is 0 Å². The predicted octanol–water partition coefficient (Wildman–Crippen LogP) is 19.4. The molecule has 14 rings (SSSR count). The van der Waals surface area contributed by atoms with Gasteiger partial charge in [-0.3, -0.25) is 0 Å². The van der Waals surface area contributed by atoms with Crippen LogP contribution >= 0.6 is 11.6 Å². The maximum Gasteiger partial charge on any atom is 0.252 e. The van der Waals surface area contributed by atoms with E-state index in [1.807, 2.05) is 0 Å². The van der Waals surface area contributed by atoms with Crippen molar-refractivity contribution in [2.24, 2.45) is 0 Å². The fourth-order valence-electron chi connectivity index (χ4n) is 12.4. The molecule has 380 valence electrons. The molecule has 0 atom stereocenters. The third-order valence-corrected chi connectivity index (χ3v) is 16.5. The van der Waals surface area contributed by atoms with Crippen LogP contribution in [0.1, 0.15) is 26.3 Å². The zero-order valence-corrected chi connectivity index (χ0v) is 45.7. The van der Waals surface area contributed by atoms with E-state index in [0.29, 0.717) is 5.02 Å². The van der Waals surface area contributed by atoms with Crippen molar-refractivity contribution in [3.8, 4) is 77.9 Å². The molecule has 0 aromatic heterocycles. The Morgan fingerprint density at radius 3 is 1.01 bits per heavy atom. The SMILES string of the molecule is CC(C)(C)c1cc2c3c(c1)N(c1c(-c4ccccc4)cc(-c4ccccc4)cc1-c1ccccc1)c1cc(Cl)ccc1B3c1cc(-c3ccccc3)ccc1N2c1c(-c2ccccc2)cc(-c2ccccc2)cc1-c1ccccc1. The Morgan fingerprint density at radius 2 is 0.637 bits per heavy atom. The second-order valence-electron chi connectivity index (χ2n) is 22.2. The largest absolute Gasteiger partial charge is 0.310 e. The number of benzene rings is 12. The van der Waals surface area contributed by atoms with E-state index in [1.54, 1.807) is 0 Å².